The summed E-state index contributed by atoms with van der Waals surface area (Å²) in [5.74, 6) is 0. The highest BCUT2D eigenvalue weighted by Crippen LogP contribution is 2.11. The number of nitrogens with one attached hydrogen (secondary N) is 1. The zero-order chi connectivity index (χ0) is 12.3. The summed E-state index contributed by atoms with van der Waals surface area (Å²) in [6.45, 7) is 5.40. The minimum atomic E-state index is 0.672. The summed E-state index contributed by atoms with van der Waals surface area (Å²) in [4.78, 5) is 2.40. The number of piperidine rings is 1. The Morgan fingerprint density at radius 1 is 1.53 bits per heavy atom. The van der Waals surface area contributed by atoms with Crippen LogP contribution in [0.2, 0.25) is 0 Å². The number of aryl methyl sites for hydroxylation is 2. The Balaban J connectivity index is 1.83. The summed E-state index contributed by atoms with van der Waals surface area (Å²) in [5.41, 5.74) is 2.49. The van der Waals surface area contributed by atoms with Gasteiger partial charge in [0.15, 0.2) is 0 Å². The molecule has 0 bridgehead atoms. The first-order valence-electron chi connectivity index (χ1n) is 6.56. The lowest BCUT2D eigenvalue weighted by molar-refractivity contribution is 0.256. The van der Waals surface area contributed by atoms with E-state index in [1.165, 1.54) is 31.4 Å². The third kappa shape index (κ3) is 3.54. The molecule has 0 aromatic carbocycles. The van der Waals surface area contributed by atoms with Crippen LogP contribution < -0.4 is 5.32 Å². The average molecular weight is 236 g/mol. The van der Waals surface area contributed by atoms with Crippen molar-refractivity contribution in [1.82, 2.24) is 20.0 Å². The minimum absolute atomic E-state index is 0.672. The van der Waals surface area contributed by atoms with Crippen LogP contribution in [0.4, 0.5) is 0 Å². The molecule has 0 amide bonds. The molecule has 4 nitrogen and oxygen atoms in total. The fraction of sp³-hybridized carbons (Fsp3) is 0.769. The first-order chi connectivity index (χ1) is 8.15. The number of hydrogen-bond acceptors (Lipinski definition) is 3. The van der Waals surface area contributed by atoms with E-state index in [0.717, 1.165) is 18.8 Å². The van der Waals surface area contributed by atoms with Crippen molar-refractivity contribution in [3.63, 3.8) is 0 Å². The predicted octanol–water partition coefficient (Wildman–Crippen LogP) is 1.30. The molecule has 2 heterocycles. The first kappa shape index (κ1) is 12.6. The molecule has 1 fully saturated rings. The normalized spacial score (nSPS) is 21.1. The summed E-state index contributed by atoms with van der Waals surface area (Å²) >= 11 is 0. The van der Waals surface area contributed by atoms with Crippen molar-refractivity contribution in [2.45, 2.75) is 38.8 Å². The highest BCUT2D eigenvalue weighted by atomic mass is 15.3. The third-order valence-electron chi connectivity index (χ3n) is 3.50. The van der Waals surface area contributed by atoms with Crippen LogP contribution in [0, 0.1) is 6.92 Å². The molecule has 1 aliphatic heterocycles. The molecule has 0 radical (unpaired) electrons. The molecule has 2 rings (SSSR count). The smallest absolute Gasteiger partial charge is 0.0638 e. The topological polar surface area (TPSA) is 33.1 Å². The van der Waals surface area contributed by atoms with Crippen LogP contribution in [0.1, 0.15) is 30.5 Å². The second-order valence-corrected chi connectivity index (χ2v) is 5.26. The van der Waals surface area contributed by atoms with Crippen LogP contribution >= 0.6 is 0 Å². The zero-order valence-corrected chi connectivity index (χ0v) is 11.2. The van der Waals surface area contributed by atoms with Gasteiger partial charge in [-0.25, -0.2) is 0 Å². The van der Waals surface area contributed by atoms with Gasteiger partial charge in [0.25, 0.3) is 0 Å². The van der Waals surface area contributed by atoms with Gasteiger partial charge in [-0.1, -0.05) is 6.42 Å². The van der Waals surface area contributed by atoms with E-state index in [1.54, 1.807) is 0 Å². The molecule has 0 unspecified atom stereocenters. The molecule has 4 heteroatoms. The van der Waals surface area contributed by atoms with Crippen molar-refractivity contribution in [2.24, 2.45) is 7.05 Å². The Labute approximate surface area is 104 Å². The van der Waals surface area contributed by atoms with Gasteiger partial charge in [0, 0.05) is 37.9 Å². The van der Waals surface area contributed by atoms with E-state index in [1.807, 2.05) is 11.7 Å². The minimum Gasteiger partial charge on any atom is -0.313 e. The maximum Gasteiger partial charge on any atom is 0.0638 e. The van der Waals surface area contributed by atoms with E-state index in [0.29, 0.717) is 6.04 Å². The molecule has 0 saturated carbocycles. The maximum atomic E-state index is 4.39. The van der Waals surface area contributed by atoms with Crippen molar-refractivity contribution in [3.05, 3.63) is 17.5 Å². The lowest BCUT2D eigenvalue weighted by atomic mass is 10.0. The number of rotatable bonds is 4. The van der Waals surface area contributed by atoms with Gasteiger partial charge in [0.05, 0.1) is 5.69 Å². The second-order valence-electron chi connectivity index (χ2n) is 5.26. The fourth-order valence-electron chi connectivity index (χ4n) is 2.62. The van der Waals surface area contributed by atoms with E-state index in [4.69, 9.17) is 0 Å². The van der Waals surface area contributed by atoms with Crippen LogP contribution in [-0.4, -0.2) is 40.9 Å². The fourth-order valence-corrected chi connectivity index (χ4v) is 2.62. The van der Waals surface area contributed by atoms with E-state index < -0.39 is 0 Å². The van der Waals surface area contributed by atoms with Crippen LogP contribution in [0.5, 0.6) is 0 Å². The predicted molar refractivity (Wildman–Crippen MR) is 69.9 cm³/mol. The Bertz CT molecular complexity index is 352. The molecule has 1 aromatic rings. The molecule has 1 saturated heterocycles. The van der Waals surface area contributed by atoms with Gasteiger partial charge in [-0.05, 0) is 33.4 Å². The standard InChI is InChI=1S/C13H24N4/c1-11-12(9-17(3)15-11)8-16(2)10-13-6-4-5-7-14-13/h9,13-14H,4-8,10H2,1-3H3/t13-/m1/s1. The lowest BCUT2D eigenvalue weighted by Crippen LogP contribution is -2.42. The summed E-state index contributed by atoms with van der Waals surface area (Å²) in [7, 11) is 4.18. The summed E-state index contributed by atoms with van der Waals surface area (Å²) in [6, 6.07) is 0.672. The van der Waals surface area contributed by atoms with Gasteiger partial charge in [0.2, 0.25) is 0 Å². The van der Waals surface area contributed by atoms with Crippen molar-refractivity contribution in [3.8, 4) is 0 Å². The molecule has 96 valence electrons. The molecule has 17 heavy (non-hydrogen) atoms. The van der Waals surface area contributed by atoms with E-state index in [-0.39, 0.29) is 0 Å². The Morgan fingerprint density at radius 2 is 2.35 bits per heavy atom. The number of nitrogens with zero attached hydrogens (tertiary/aromatic N) is 3. The van der Waals surface area contributed by atoms with Crippen molar-refractivity contribution >= 4 is 0 Å². The molecule has 1 aliphatic rings. The molecule has 1 aromatic heterocycles. The van der Waals surface area contributed by atoms with Crippen LogP contribution in [0.3, 0.4) is 0 Å². The summed E-state index contributed by atoms with van der Waals surface area (Å²) in [5, 5.41) is 7.98. The van der Waals surface area contributed by atoms with Gasteiger partial charge in [-0.3, -0.25) is 4.68 Å². The van der Waals surface area contributed by atoms with Crippen LogP contribution in [0.15, 0.2) is 6.20 Å². The van der Waals surface area contributed by atoms with Gasteiger partial charge in [-0.15, -0.1) is 0 Å². The second kappa shape index (κ2) is 5.65. The first-order valence-corrected chi connectivity index (χ1v) is 6.56. The summed E-state index contributed by atoms with van der Waals surface area (Å²) < 4.78 is 1.90. The number of hydrogen-bond donors (Lipinski definition) is 1. The summed E-state index contributed by atoms with van der Waals surface area (Å²) in [6.07, 6.45) is 6.15. The van der Waals surface area contributed by atoms with Crippen molar-refractivity contribution < 1.29 is 0 Å². The van der Waals surface area contributed by atoms with Gasteiger partial charge in [0.1, 0.15) is 0 Å². The van der Waals surface area contributed by atoms with Crippen LogP contribution in [0.25, 0.3) is 0 Å². The Kier molecular flexibility index (Phi) is 4.18. The number of likely N-dealkylation sites (N-methyl/N-ethyl adjacent to an activating group) is 1. The van der Waals surface area contributed by atoms with Gasteiger partial charge < -0.3 is 10.2 Å². The highest BCUT2D eigenvalue weighted by molar-refractivity contribution is 5.14. The molecule has 0 spiro atoms. The van der Waals surface area contributed by atoms with Crippen LogP contribution in [-0.2, 0) is 13.6 Å². The average Bonchev–Trinajstić information content (AvgIpc) is 2.58. The SMILES string of the molecule is Cc1nn(C)cc1CN(C)C[C@H]1CCCCN1. The van der Waals surface area contributed by atoms with Gasteiger partial charge in [-0.2, -0.15) is 5.10 Å². The van der Waals surface area contributed by atoms with Crippen molar-refractivity contribution in [1.29, 1.82) is 0 Å². The monoisotopic (exact) mass is 236 g/mol. The third-order valence-corrected chi connectivity index (χ3v) is 3.50. The Morgan fingerprint density at radius 3 is 2.94 bits per heavy atom. The number of aromatic nitrogens is 2. The molecule has 0 aliphatic carbocycles. The molecular formula is C13H24N4. The largest absolute Gasteiger partial charge is 0.313 e. The van der Waals surface area contributed by atoms with E-state index in [2.05, 4.69) is 35.5 Å². The zero-order valence-electron chi connectivity index (χ0n) is 11.2. The lowest BCUT2D eigenvalue weighted by Gasteiger charge is -2.28. The molecular weight excluding hydrogens is 212 g/mol. The maximum absolute atomic E-state index is 4.39. The van der Waals surface area contributed by atoms with E-state index >= 15 is 0 Å². The highest BCUT2D eigenvalue weighted by Gasteiger charge is 2.15. The van der Waals surface area contributed by atoms with E-state index in [9.17, 15) is 0 Å². The van der Waals surface area contributed by atoms with Crippen molar-refractivity contribution in [2.75, 3.05) is 20.1 Å². The molecule has 1 N–H and O–H groups in total. The Hall–Kier alpha value is -0.870. The van der Waals surface area contributed by atoms with Gasteiger partial charge >= 0.3 is 0 Å². The quantitative estimate of drug-likeness (QED) is 0.855. The molecule has 1 atom stereocenters.